The Kier molecular flexibility index (Phi) is 6.28. The lowest BCUT2D eigenvalue weighted by atomic mass is 10.2. The maximum atomic E-state index is 12.5. The monoisotopic (exact) mass is 432 g/mol. The number of para-hydroxylation sites is 2. The van der Waals surface area contributed by atoms with E-state index < -0.39 is 12.1 Å². The highest BCUT2D eigenvalue weighted by molar-refractivity contribution is 7.99. The third-order valence-corrected chi connectivity index (χ3v) is 6.20. The van der Waals surface area contributed by atoms with Crippen LogP contribution in [0.2, 0.25) is 0 Å². The van der Waals surface area contributed by atoms with Gasteiger partial charge in [-0.3, -0.25) is 9.59 Å². The molecule has 1 amide bonds. The number of anilines is 3. The first-order valence-corrected chi connectivity index (χ1v) is 11.0. The molecule has 158 valence electrons. The normalized spacial score (nSPS) is 13.0. The lowest BCUT2D eigenvalue weighted by Crippen LogP contribution is -2.31. The molecule has 0 saturated heterocycles. The summed E-state index contributed by atoms with van der Waals surface area (Å²) >= 11 is 1.73. The molecule has 0 saturated carbocycles. The van der Waals surface area contributed by atoms with E-state index in [1.807, 2.05) is 55.5 Å². The number of rotatable bonds is 6. The summed E-state index contributed by atoms with van der Waals surface area (Å²) in [5.74, 6) is -0.748. The molecule has 0 spiro atoms. The SMILES string of the molecule is Cc1ccc(NC(=O)[C@H](C)OC(=O)CCN2c3ccccc3Sc3ccccc32)cc1. The molecule has 1 N–H and O–H groups in total. The van der Waals surface area contributed by atoms with Gasteiger partial charge in [-0.25, -0.2) is 0 Å². The van der Waals surface area contributed by atoms with Gasteiger partial charge < -0.3 is 15.0 Å². The molecule has 0 fully saturated rings. The van der Waals surface area contributed by atoms with Gasteiger partial charge in [0.05, 0.1) is 17.8 Å². The molecule has 1 atom stereocenters. The van der Waals surface area contributed by atoms with Crippen molar-refractivity contribution in [2.24, 2.45) is 0 Å². The summed E-state index contributed by atoms with van der Waals surface area (Å²) in [5, 5.41) is 2.78. The summed E-state index contributed by atoms with van der Waals surface area (Å²) < 4.78 is 5.39. The summed E-state index contributed by atoms with van der Waals surface area (Å²) in [6.07, 6.45) is -0.694. The van der Waals surface area contributed by atoms with E-state index in [-0.39, 0.29) is 12.3 Å². The zero-order chi connectivity index (χ0) is 21.8. The Labute approximate surface area is 186 Å². The number of nitrogens with one attached hydrogen (secondary N) is 1. The Morgan fingerprint density at radius 1 is 0.935 bits per heavy atom. The van der Waals surface area contributed by atoms with E-state index in [9.17, 15) is 9.59 Å². The summed E-state index contributed by atoms with van der Waals surface area (Å²) in [6, 6.07) is 23.8. The number of amides is 1. The molecule has 0 bridgehead atoms. The fourth-order valence-electron chi connectivity index (χ4n) is 3.42. The molecule has 5 nitrogen and oxygen atoms in total. The first-order valence-electron chi connectivity index (χ1n) is 10.2. The standard InChI is InChI=1S/C25H24N2O3S/c1-17-11-13-19(14-12-17)26-25(29)18(2)30-24(28)15-16-27-20-7-3-5-9-22(20)31-23-10-6-4-8-21(23)27/h3-14,18H,15-16H2,1-2H3,(H,26,29)/t18-/m0/s1. The number of aryl methyl sites for hydroxylation is 1. The Bertz CT molecular complexity index is 1050. The molecule has 3 aromatic rings. The predicted molar refractivity (Wildman–Crippen MR) is 124 cm³/mol. The Balaban J connectivity index is 1.38. The molecule has 1 heterocycles. The van der Waals surface area contributed by atoms with E-state index in [1.54, 1.807) is 18.7 Å². The number of esters is 1. The third kappa shape index (κ3) is 4.91. The topological polar surface area (TPSA) is 58.6 Å². The predicted octanol–water partition coefficient (Wildman–Crippen LogP) is 5.56. The van der Waals surface area contributed by atoms with Crippen molar-refractivity contribution in [3.05, 3.63) is 78.4 Å². The van der Waals surface area contributed by atoms with E-state index in [2.05, 4.69) is 34.5 Å². The minimum Gasteiger partial charge on any atom is -0.452 e. The molecular weight excluding hydrogens is 408 g/mol. The molecule has 31 heavy (non-hydrogen) atoms. The molecule has 6 heteroatoms. The van der Waals surface area contributed by atoms with Crippen molar-refractivity contribution in [2.75, 3.05) is 16.8 Å². The average Bonchev–Trinajstić information content (AvgIpc) is 2.78. The van der Waals surface area contributed by atoms with Crippen LogP contribution < -0.4 is 10.2 Å². The molecule has 0 aromatic heterocycles. The summed E-state index contributed by atoms with van der Waals surface area (Å²) in [4.78, 5) is 29.3. The van der Waals surface area contributed by atoms with Crippen molar-refractivity contribution in [3.8, 4) is 0 Å². The van der Waals surface area contributed by atoms with Crippen LogP contribution in [0.25, 0.3) is 0 Å². The van der Waals surface area contributed by atoms with Gasteiger partial charge in [0.25, 0.3) is 5.91 Å². The number of benzene rings is 3. The van der Waals surface area contributed by atoms with Crippen LogP contribution in [-0.2, 0) is 14.3 Å². The average molecular weight is 433 g/mol. The largest absolute Gasteiger partial charge is 0.452 e. The number of carbonyl (C=O) groups is 2. The molecule has 3 aromatic carbocycles. The van der Waals surface area contributed by atoms with Crippen LogP contribution in [0.4, 0.5) is 17.1 Å². The minimum atomic E-state index is -0.870. The van der Waals surface area contributed by atoms with Crippen LogP contribution in [-0.4, -0.2) is 24.5 Å². The van der Waals surface area contributed by atoms with Crippen molar-refractivity contribution in [1.82, 2.24) is 0 Å². The van der Waals surface area contributed by atoms with Crippen molar-refractivity contribution in [3.63, 3.8) is 0 Å². The highest BCUT2D eigenvalue weighted by Crippen LogP contribution is 2.47. The van der Waals surface area contributed by atoms with Crippen LogP contribution in [0.15, 0.2) is 82.6 Å². The second-order valence-electron chi connectivity index (χ2n) is 7.43. The van der Waals surface area contributed by atoms with Gasteiger partial charge in [-0.15, -0.1) is 0 Å². The number of hydrogen-bond acceptors (Lipinski definition) is 5. The van der Waals surface area contributed by atoms with Crippen molar-refractivity contribution < 1.29 is 14.3 Å². The molecule has 4 rings (SSSR count). The van der Waals surface area contributed by atoms with E-state index in [0.717, 1.165) is 26.7 Å². The number of nitrogens with zero attached hydrogens (tertiary/aromatic N) is 1. The van der Waals surface area contributed by atoms with Gasteiger partial charge in [0.1, 0.15) is 0 Å². The third-order valence-electron chi connectivity index (χ3n) is 5.07. The number of ether oxygens (including phenoxy) is 1. The number of hydrogen-bond donors (Lipinski definition) is 1. The second kappa shape index (κ2) is 9.27. The highest BCUT2D eigenvalue weighted by Gasteiger charge is 2.24. The zero-order valence-corrected chi connectivity index (χ0v) is 18.3. The first-order chi connectivity index (χ1) is 15.0. The molecule has 1 aliphatic rings. The lowest BCUT2D eigenvalue weighted by molar-refractivity contribution is -0.152. The van der Waals surface area contributed by atoms with Gasteiger partial charge in [0.2, 0.25) is 0 Å². The van der Waals surface area contributed by atoms with Gasteiger partial charge >= 0.3 is 5.97 Å². The van der Waals surface area contributed by atoms with Crippen LogP contribution in [0, 0.1) is 6.92 Å². The van der Waals surface area contributed by atoms with Crippen LogP contribution in [0.3, 0.4) is 0 Å². The smallest absolute Gasteiger partial charge is 0.308 e. The Morgan fingerprint density at radius 3 is 2.13 bits per heavy atom. The van der Waals surface area contributed by atoms with Crippen molar-refractivity contribution in [2.45, 2.75) is 36.2 Å². The van der Waals surface area contributed by atoms with Gasteiger partial charge in [0.15, 0.2) is 6.10 Å². The van der Waals surface area contributed by atoms with Crippen molar-refractivity contribution in [1.29, 1.82) is 0 Å². The Morgan fingerprint density at radius 2 is 1.52 bits per heavy atom. The fraction of sp³-hybridized carbons (Fsp3) is 0.200. The molecule has 0 aliphatic carbocycles. The molecule has 0 radical (unpaired) electrons. The fourth-order valence-corrected chi connectivity index (χ4v) is 4.51. The zero-order valence-electron chi connectivity index (χ0n) is 17.5. The van der Waals surface area contributed by atoms with E-state index in [1.165, 1.54) is 0 Å². The highest BCUT2D eigenvalue weighted by atomic mass is 32.2. The van der Waals surface area contributed by atoms with E-state index in [0.29, 0.717) is 12.2 Å². The van der Waals surface area contributed by atoms with Gasteiger partial charge in [-0.2, -0.15) is 0 Å². The van der Waals surface area contributed by atoms with Crippen LogP contribution in [0.5, 0.6) is 0 Å². The summed E-state index contributed by atoms with van der Waals surface area (Å²) in [5.41, 5.74) is 3.93. The lowest BCUT2D eigenvalue weighted by Gasteiger charge is -2.32. The maximum absolute atomic E-state index is 12.5. The van der Waals surface area contributed by atoms with Crippen LogP contribution in [0.1, 0.15) is 18.9 Å². The van der Waals surface area contributed by atoms with Gasteiger partial charge in [-0.05, 0) is 50.2 Å². The quantitative estimate of drug-likeness (QED) is 0.517. The summed E-state index contributed by atoms with van der Waals surface area (Å²) in [6.45, 7) is 4.04. The molecular formula is C25H24N2O3S. The van der Waals surface area contributed by atoms with Gasteiger partial charge in [0, 0.05) is 22.0 Å². The number of fused-ring (bicyclic) bond motifs is 2. The van der Waals surface area contributed by atoms with Gasteiger partial charge in [-0.1, -0.05) is 53.7 Å². The Hall–Kier alpha value is -3.25. The number of carbonyl (C=O) groups excluding carboxylic acids is 2. The van der Waals surface area contributed by atoms with Crippen LogP contribution >= 0.6 is 11.8 Å². The first kappa shape index (κ1) is 21.0. The maximum Gasteiger partial charge on any atom is 0.308 e. The molecule has 0 unspecified atom stereocenters. The van der Waals surface area contributed by atoms with Crippen molar-refractivity contribution >= 4 is 40.7 Å². The van der Waals surface area contributed by atoms with E-state index >= 15 is 0 Å². The van der Waals surface area contributed by atoms with E-state index in [4.69, 9.17) is 4.74 Å². The second-order valence-corrected chi connectivity index (χ2v) is 8.51. The minimum absolute atomic E-state index is 0.176. The summed E-state index contributed by atoms with van der Waals surface area (Å²) in [7, 11) is 0. The molecule has 1 aliphatic heterocycles.